The first kappa shape index (κ1) is 25.6. The molecule has 2 atom stereocenters. The van der Waals surface area contributed by atoms with Crippen molar-refractivity contribution >= 4 is 35.6 Å². The maximum Gasteiger partial charge on any atom is 0.326 e. The quantitative estimate of drug-likeness (QED) is 0.0768. The van der Waals surface area contributed by atoms with Crippen molar-refractivity contribution in [3.8, 4) is 0 Å². The van der Waals surface area contributed by atoms with Gasteiger partial charge in [0.1, 0.15) is 6.04 Å². The number of carboxylic acid groups (broad SMARTS) is 1. The molecule has 29 heavy (non-hydrogen) atoms. The third-order valence-corrected chi connectivity index (χ3v) is 3.49. The zero-order chi connectivity index (χ0) is 22.4. The number of primary amides is 1. The van der Waals surface area contributed by atoms with Gasteiger partial charge >= 0.3 is 5.97 Å². The van der Waals surface area contributed by atoms with E-state index >= 15 is 0 Å². The fourth-order valence-electron chi connectivity index (χ4n) is 1.98. The van der Waals surface area contributed by atoms with E-state index in [0.29, 0.717) is 19.4 Å². The number of rotatable bonds is 14. The van der Waals surface area contributed by atoms with Crippen LogP contribution in [-0.2, 0) is 24.0 Å². The van der Waals surface area contributed by atoms with Crippen molar-refractivity contribution in [3.05, 3.63) is 0 Å². The van der Waals surface area contributed by atoms with E-state index in [2.05, 4.69) is 20.9 Å². The molecule has 0 saturated heterocycles. The molecule has 0 rings (SSSR count). The van der Waals surface area contributed by atoms with Gasteiger partial charge in [-0.1, -0.05) is 0 Å². The van der Waals surface area contributed by atoms with E-state index in [0.717, 1.165) is 0 Å². The molecule has 0 aliphatic heterocycles. The number of nitrogens with two attached hydrogens (primary N) is 4. The highest BCUT2D eigenvalue weighted by atomic mass is 16.4. The van der Waals surface area contributed by atoms with E-state index in [1.165, 1.54) is 0 Å². The molecule has 0 aromatic carbocycles. The Morgan fingerprint density at radius 1 is 0.931 bits per heavy atom. The van der Waals surface area contributed by atoms with E-state index in [1.807, 2.05) is 0 Å². The summed E-state index contributed by atoms with van der Waals surface area (Å²) in [5, 5.41) is 15.7. The van der Waals surface area contributed by atoms with E-state index in [1.54, 1.807) is 0 Å². The average Bonchev–Trinajstić information content (AvgIpc) is 2.63. The Balaban J connectivity index is 4.16. The highest BCUT2D eigenvalue weighted by molar-refractivity contribution is 5.90. The molecule has 0 spiro atoms. The first-order valence-corrected chi connectivity index (χ1v) is 8.68. The Labute approximate surface area is 166 Å². The van der Waals surface area contributed by atoms with Crippen LogP contribution in [0.3, 0.4) is 0 Å². The zero-order valence-corrected chi connectivity index (χ0v) is 15.8. The summed E-state index contributed by atoms with van der Waals surface area (Å²) in [6.45, 7) is -0.618. The lowest BCUT2D eigenvalue weighted by Gasteiger charge is -2.14. The molecule has 0 aromatic rings. The van der Waals surface area contributed by atoms with E-state index in [-0.39, 0.29) is 18.8 Å². The molecule has 14 heteroatoms. The Bertz CT molecular complexity index is 634. The van der Waals surface area contributed by atoms with Crippen molar-refractivity contribution in [1.82, 2.24) is 16.0 Å². The lowest BCUT2D eigenvalue weighted by molar-refractivity contribution is -0.142. The molecule has 164 valence electrons. The zero-order valence-electron chi connectivity index (χ0n) is 15.8. The number of hydrogen-bond acceptors (Lipinski definition) is 7. The highest BCUT2D eigenvalue weighted by Gasteiger charge is 2.21. The molecule has 0 fully saturated rings. The smallest absolute Gasteiger partial charge is 0.326 e. The fourth-order valence-corrected chi connectivity index (χ4v) is 1.98. The van der Waals surface area contributed by atoms with Crippen LogP contribution in [0.5, 0.6) is 0 Å². The van der Waals surface area contributed by atoms with Gasteiger partial charge in [0, 0.05) is 13.0 Å². The minimum atomic E-state index is -1.34. The van der Waals surface area contributed by atoms with Crippen LogP contribution in [0.1, 0.15) is 25.7 Å². The van der Waals surface area contributed by atoms with Crippen molar-refractivity contribution in [1.29, 1.82) is 0 Å². The minimum absolute atomic E-state index is 0.0636. The molecular weight excluding hydrogens is 388 g/mol. The molecule has 0 aliphatic rings. The number of hydrogen-bond donors (Lipinski definition) is 8. The van der Waals surface area contributed by atoms with Gasteiger partial charge in [-0.2, -0.15) is 0 Å². The summed E-state index contributed by atoms with van der Waals surface area (Å²) in [5.41, 5.74) is 20.9. The second kappa shape index (κ2) is 13.7. The lowest BCUT2D eigenvalue weighted by atomic mass is 10.1. The van der Waals surface area contributed by atoms with Crippen LogP contribution in [0, 0.1) is 0 Å². The van der Waals surface area contributed by atoms with Crippen LogP contribution in [0.25, 0.3) is 0 Å². The van der Waals surface area contributed by atoms with Gasteiger partial charge in [-0.25, -0.2) is 4.79 Å². The van der Waals surface area contributed by atoms with Crippen LogP contribution in [0.4, 0.5) is 0 Å². The number of nitrogens with one attached hydrogen (secondary N) is 3. The normalized spacial score (nSPS) is 12.2. The third kappa shape index (κ3) is 13.4. The van der Waals surface area contributed by atoms with E-state index < -0.39 is 54.8 Å². The summed E-state index contributed by atoms with van der Waals surface area (Å²) in [6, 6.07) is -2.18. The SMILES string of the molecule is NC(=O)CCC(NC(=O)CNC(=O)CNC(=O)C(N)CCCN=C(N)N)C(=O)O. The van der Waals surface area contributed by atoms with Crippen LogP contribution < -0.4 is 38.9 Å². The Kier molecular flexibility index (Phi) is 12.1. The van der Waals surface area contributed by atoms with Gasteiger partial charge in [0.25, 0.3) is 0 Å². The number of carbonyl (C=O) groups is 5. The summed E-state index contributed by atoms with van der Waals surface area (Å²) in [7, 11) is 0. The van der Waals surface area contributed by atoms with Crippen LogP contribution in [-0.4, -0.2) is 72.4 Å². The molecule has 4 amide bonds. The predicted octanol–water partition coefficient (Wildman–Crippen LogP) is -4.57. The van der Waals surface area contributed by atoms with Crippen LogP contribution >= 0.6 is 0 Å². The van der Waals surface area contributed by atoms with Crippen LogP contribution in [0.2, 0.25) is 0 Å². The van der Waals surface area contributed by atoms with Crippen molar-refractivity contribution in [2.75, 3.05) is 19.6 Å². The lowest BCUT2D eigenvalue weighted by Crippen LogP contribution is -2.48. The largest absolute Gasteiger partial charge is 0.480 e. The minimum Gasteiger partial charge on any atom is -0.480 e. The number of carbonyl (C=O) groups excluding carboxylic acids is 4. The Hall–Kier alpha value is -3.42. The first-order chi connectivity index (χ1) is 13.5. The molecule has 2 unspecified atom stereocenters. The molecule has 0 saturated carbocycles. The molecular formula is C15H28N8O6. The molecule has 0 radical (unpaired) electrons. The van der Waals surface area contributed by atoms with Crippen LogP contribution in [0.15, 0.2) is 4.99 Å². The van der Waals surface area contributed by atoms with E-state index in [9.17, 15) is 24.0 Å². The molecule has 12 N–H and O–H groups in total. The summed E-state index contributed by atoms with van der Waals surface area (Å²) >= 11 is 0. The van der Waals surface area contributed by atoms with Gasteiger partial charge in [-0.15, -0.1) is 0 Å². The van der Waals surface area contributed by atoms with Crippen molar-refractivity contribution < 1.29 is 29.1 Å². The predicted molar refractivity (Wildman–Crippen MR) is 102 cm³/mol. The maximum absolute atomic E-state index is 11.8. The fraction of sp³-hybridized carbons (Fsp3) is 0.600. The van der Waals surface area contributed by atoms with Gasteiger partial charge in [-0.05, 0) is 19.3 Å². The number of amides is 4. The summed E-state index contributed by atoms with van der Waals surface area (Å²) in [6.07, 6.45) is 0.372. The molecule has 0 heterocycles. The number of aliphatic imine (C=N–C) groups is 1. The summed E-state index contributed by atoms with van der Waals surface area (Å²) in [5.74, 6) is -4.13. The number of nitrogens with zero attached hydrogens (tertiary/aromatic N) is 1. The van der Waals surface area contributed by atoms with E-state index in [4.69, 9.17) is 28.0 Å². The van der Waals surface area contributed by atoms with Crippen molar-refractivity contribution in [2.45, 2.75) is 37.8 Å². The van der Waals surface area contributed by atoms with Gasteiger partial charge in [0.05, 0.1) is 19.1 Å². The summed E-state index contributed by atoms with van der Waals surface area (Å²) < 4.78 is 0. The van der Waals surface area contributed by atoms with Gasteiger partial charge in [0.15, 0.2) is 5.96 Å². The highest BCUT2D eigenvalue weighted by Crippen LogP contribution is 1.97. The Morgan fingerprint density at radius 2 is 1.55 bits per heavy atom. The second-order valence-corrected chi connectivity index (χ2v) is 6.01. The van der Waals surface area contributed by atoms with Gasteiger partial charge in [-0.3, -0.25) is 24.2 Å². The number of carboxylic acids is 1. The molecule has 14 nitrogen and oxygen atoms in total. The third-order valence-electron chi connectivity index (χ3n) is 3.49. The first-order valence-electron chi connectivity index (χ1n) is 8.68. The Morgan fingerprint density at radius 3 is 2.10 bits per heavy atom. The van der Waals surface area contributed by atoms with Gasteiger partial charge in [0.2, 0.25) is 23.6 Å². The summed E-state index contributed by atoms with van der Waals surface area (Å²) in [4.78, 5) is 60.6. The van der Waals surface area contributed by atoms with Crippen molar-refractivity contribution in [2.24, 2.45) is 27.9 Å². The second-order valence-electron chi connectivity index (χ2n) is 6.01. The molecule has 0 aromatic heterocycles. The maximum atomic E-state index is 11.8. The average molecular weight is 416 g/mol. The monoisotopic (exact) mass is 416 g/mol. The topological polar surface area (TPSA) is 258 Å². The number of aliphatic carboxylic acids is 1. The molecule has 0 bridgehead atoms. The standard InChI is InChI=1S/C15H28N8O6/c16-8(2-1-5-20-15(18)19)13(27)22-6-11(25)21-7-12(26)23-9(14(28)29)3-4-10(17)24/h8-9H,1-7,16H2,(H2,17,24)(H,21,25)(H,22,27)(H,23,26)(H,28,29)(H4,18,19,20). The van der Waals surface area contributed by atoms with Crippen molar-refractivity contribution in [3.63, 3.8) is 0 Å². The number of guanidine groups is 1. The molecule has 0 aliphatic carbocycles. The van der Waals surface area contributed by atoms with Gasteiger partial charge < -0.3 is 44.0 Å².